The van der Waals surface area contributed by atoms with Gasteiger partial charge in [0, 0.05) is 18.7 Å². The van der Waals surface area contributed by atoms with Crippen LogP contribution in [0.5, 0.6) is 0 Å². The number of nitrogens with zero attached hydrogens (tertiary/aromatic N) is 1. The Morgan fingerprint density at radius 1 is 0.864 bits per heavy atom. The third-order valence-corrected chi connectivity index (χ3v) is 7.13. The number of carbonyl (C=O) groups excluding carboxylic acids is 5. The molecule has 2 rings (SSSR count). The second kappa shape index (κ2) is 17.9. The lowest BCUT2D eigenvalue weighted by Gasteiger charge is -2.24. The molecule has 44 heavy (non-hydrogen) atoms. The Labute approximate surface area is 256 Å². The maximum absolute atomic E-state index is 13.4. The van der Waals surface area contributed by atoms with Crippen LogP contribution in [0.1, 0.15) is 24.8 Å². The van der Waals surface area contributed by atoms with Gasteiger partial charge >= 0.3 is 11.9 Å². The molecule has 1 aliphatic heterocycles. The molecule has 0 unspecified atom stereocenters. The van der Waals surface area contributed by atoms with Crippen molar-refractivity contribution in [3.05, 3.63) is 35.9 Å². The van der Waals surface area contributed by atoms with Crippen LogP contribution in [0.3, 0.4) is 0 Å². The summed E-state index contributed by atoms with van der Waals surface area (Å²) >= 11 is 0.845. The number of aliphatic carboxylic acids is 2. The van der Waals surface area contributed by atoms with Gasteiger partial charge in [-0.2, -0.15) is 0 Å². The normalized spacial score (nSPS) is 22.5. The maximum Gasteiger partial charge on any atom is 0.327 e. The molecule has 5 amide bonds. The average molecular weight is 637 g/mol. The minimum Gasteiger partial charge on any atom is -0.481 e. The summed E-state index contributed by atoms with van der Waals surface area (Å²) in [6.45, 7) is -0.571. The molecule has 0 aromatic heterocycles. The number of rotatable bonds is 9. The fourth-order valence-corrected chi connectivity index (χ4v) is 4.82. The molecule has 1 fully saturated rings. The third kappa shape index (κ3) is 13.0. The van der Waals surface area contributed by atoms with E-state index in [9.17, 15) is 43.8 Å². The van der Waals surface area contributed by atoms with Crippen molar-refractivity contribution >= 4 is 59.2 Å². The van der Waals surface area contributed by atoms with Crippen LogP contribution >= 0.6 is 11.8 Å². The number of amides is 5. The smallest absolute Gasteiger partial charge is 0.327 e. The van der Waals surface area contributed by atoms with Crippen molar-refractivity contribution in [2.45, 2.75) is 49.9 Å². The van der Waals surface area contributed by atoms with Gasteiger partial charge in [-0.1, -0.05) is 30.3 Å². The number of benzene rings is 1. The highest BCUT2D eigenvalue weighted by Gasteiger charge is 2.31. The molecular weight excluding hydrogens is 600 g/mol. The molecule has 1 heterocycles. The lowest BCUT2D eigenvalue weighted by Crippen LogP contribution is -2.57. The second-order valence-corrected chi connectivity index (χ2v) is 10.7. The van der Waals surface area contributed by atoms with Crippen LogP contribution in [-0.4, -0.2) is 106 Å². The molecule has 240 valence electrons. The van der Waals surface area contributed by atoms with Crippen molar-refractivity contribution < 1.29 is 43.8 Å². The number of guanidine groups is 1. The monoisotopic (exact) mass is 636 g/mol. The first-order valence-electron chi connectivity index (χ1n) is 13.4. The lowest BCUT2D eigenvalue weighted by atomic mass is 10.0. The molecule has 18 heteroatoms. The van der Waals surface area contributed by atoms with Crippen LogP contribution in [0.25, 0.3) is 0 Å². The maximum atomic E-state index is 13.4. The van der Waals surface area contributed by atoms with E-state index in [0.717, 1.165) is 11.8 Å². The summed E-state index contributed by atoms with van der Waals surface area (Å²) in [5, 5.41) is 30.6. The predicted molar refractivity (Wildman–Crippen MR) is 158 cm³/mol. The van der Waals surface area contributed by atoms with Crippen molar-refractivity contribution in [3.63, 3.8) is 0 Å². The fraction of sp³-hybridized carbons (Fsp3) is 0.462. The van der Waals surface area contributed by atoms with Crippen LogP contribution in [0.2, 0.25) is 0 Å². The lowest BCUT2D eigenvalue weighted by molar-refractivity contribution is -0.143. The van der Waals surface area contributed by atoms with Crippen LogP contribution in [-0.2, 0) is 40.0 Å². The Bertz CT molecular complexity index is 1240. The highest BCUT2D eigenvalue weighted by molar-refractivity contribution is 8.00. The van der Waals surface area contributed by atoms with Gasteiger partial charge in [-0.25, -0.2) is 4.79 Å². The molecule has 0 aliphatic carbocycles. The van der Waals surface area contributed by atoms with E-state index >= 15 is 0 Å². The van der Waals surface area contributed by atoms with E-state index in [-0.39, 0.29) is 43.3 Å². The van der Waals surface area contributed by atoms with Gasteiger partial charge < -0.3 is 48.3 Å². The zero-order chi connectivity index (χ0) is 32.6. The SMILES string of the molecule is NC(N)=NCCC[C@@H]1NC(=O)[C@@H](Cc2ccccc2)NC(=O)CSC[C@@H](C(=O)O)NC(=O)[C@H](CC(=O)O)NC(=O)CNC1=O. The van der Waals surface area contributed by atoms with Gasteiger partial charge in [0.1, 0.15) is 24.2 Å². The van der Waals surface area contributed by atoms with Crippen molar-refractivity contribution in [3.8, 4) is 0 Å². The Morgan fingerprint density at radius 3 is 2.16 bits per heavy atom. The molecule has 4 atom stereocenters. The summed E-state index contributed by atoms with van der Waals surface area (Å²) in [7, 11) is 0. The van der Waals surface area contributed by atoms with Gasteiger partial charge in [0.05, 0.1) is 18.7 Å². The summed E-state index contributed by atoms with van der Waals surface area (Å²) in [5.74, 6) is -7.79. The van der Waals surface area contributed by atoms with Crippen LogP contribution < -0.4 is 38.1 Å². The summed E-state index contributed by atoms with van der Waals surface area (Å²) in [6, 6.07) is 3.24. The molecule has 17 nitrogen and oxygen atoms in total. The van der Waals surface area contributed by atoms with Gasteiger partial charge in [-0.05, 0) is 18.4 Å². The van der Waals surface area contributed by atoms with Crippen LogP contribution in [0, 0.1) is 0 Å². The average Bonchev–Trinajstić information content (AvgIpc) is 2.95. The number of hydrogen-bond donors (Lipinski definition) is 9. The van der Waals surface area contributed by atoms with Gasteiger partial charge in [0.15, 0.2) is 5.96 Å². The van der Waals surface area contributed by atoms with Crippen molar-refractivity contribution in [2.75, 3.05) is 24.6 Å². The van der Waals surface area contributed by atoms with Gasteiger partial charge in [0.25, 0.3) is 0 Å². The number of nitrogens with one attached hydrogen (secondary N) is 5. The Kier molecular flexibility index (Phi) is 14.4. The number of carboxylic acid groups (broad SMARTS) is 2. The zero-order valence-corrected chi connectivity index (χ0v) is 24.4. The molecular formula is C26H36N8O9S. The summed E-state index contributed by atoms with van der Waals surface area (Å²) in [6.07, 6.45) is -0.523. The fourth-order valence-electron chi connectivity index (χ4n) is 3.98. The molecule has 1 saturated heterocycles. The second-order valence-electron chi connectivity index (χ2n) is 9.67. The van der Waals surface area contributed by atoms with E-state index < -0.39 is 78.6 Å². The predicted octanol–water partition coefficient (Wildman–Crippen LogP) is -3.36. The minimum absolute atomic E-state index is 0.0401. The number of carbonyl (C=O) groups is 7. The van der Waals surface area contributed by atoms with Crippen LogP contribution in [0.15, 0.2) is 35.3 Å². The van der Waals surface area contributed by atoms with E-state index in [4.69, 9.17) is 11.5 Å². The quantitative estimate of drug-likeness (QED) is 0.0730. The molecule has 11 N–H and O–H groups in total. The number of aliphatic imine (C=N–C) groups is 1. The van der Waals surface area contributed by atoms with E-state index in [1.807, 2.05) is 0 Å². The molecule has 1 aliphatic rings. The number of thioether (sulfide) groups is 1. The summed E-state index contributed by atoms with van der Waals surface area (Å²) in [5.41, 5.74) is 11.4. The molecule has 0 spiro atoms. The number of nitrogens with two attached hydrogens (primary N) is 2. The van der Waals surface area contributed by atoms with E-state index in [2.05, 4.69) is 31.6 Å². The highest BCUT2D eigenvalue weighted by Crippen LogP contribution is 2.09. The number of hydrogen-bond acceptors (Lipinski definition) is 9. The Morgan fingerprint density at radius 2 is 1.52 bits per heavy atom. The molecule has 0 radical (unpaired) electrons. The summed E-state index contributed by atoms with van der Waals surface area (Å²) < 4.78 is 0. The Balaban J connectivity index is 2.35. The first kappa shape index (κ1) is 35.3. The molecule has 1 aromatic rings. The Hall–Kier alpha value is -4.87. The van der Waals surface area contributed by atoms with Crippen molar-refractivity contribution in [2.24, 2.45) is 16.5 Å². The van der Waals surface area contributed by atoms with E-state index in [1.54, 1.807) is 30.3 Å². The van der Waals surface area contributed by atoms with Crippen molar-refractivity contribution in [1.82, 2.24) is 26.6 Å². The van der Waals surface area contributed by atoms with Gasteiger partial charge in [0.2, 0.25) is 29.5 Å². The van der Waals surface area contributed by atoms with Crippen molar-refractivity contribution in [1.29, 1.82) is 0 Å². The highest BCUT2D eigenvalue weighted by atomic mass is 32.2. The third-order valence-electron chi connectivity index (χ3n) is 6.10. The van der Waals surface area contributed by atoms with E-state index in [1.165, 1.54) is 0 Å². The van der Waals surface area contributed by atoms with E-state index in [0.29, 0.717) is 5.56 Å². The number of carboxylic acids is 2. The minimum atomic E-state index is -1.67. The first-order chi connectivity index (χ1) is 20.8. The molecule has 0 saturated carbocycles. The standard InChI is InChI=1S/C26H36N8O9S/c27-26(28)29-8-4-7-15-22(39)30-11-19(35)31-17(10-21(37)38)24(41)34-18(25(42)43)12-44-13-20(36)32-16(23(40)33-15)9-14-5-2-1-3-6-14/h1-3,5-6,15-18H,4,7-13H2,(H,30,39)(H,31,35)(H,32,36)(H,33,40)(H,34,41)(H,37,38)(H,42,43)(H4,27,28,29)/t15-,16+,17-,18-/m0/s1. The zero-order valence-electron chi connectivity index (χ0n) is 23.6. The van der Waals surface area contributed by atoms with Crippen LogP contribution in [0.4, 0.5) is 0 Å². The largest absolute Gasteiger partial charge is 0.481 e. The topological polar surface area (TPSA) is 284 Å². The molecule has 1 aromatic carbocycles. The van der Waals surface area contributed by atoms with Gasteiger partial charge in [-0.15, -0.1) is 11.8 Å². The molecule has 0 bridgehead atoms. The summed E-state index contributed by atoms with van der Waals surface area (Å²) in [4.78, 5) is 91.5. The first-order valence-corrected chi connectivity index (χ1v) is 14.6. The van der Waals surface area contributed by atoms with Gasteiger partial charge in [-0.3, -0.25) is 33.8 Å².